The maximum absolute atomic E-state index is 13.2. The monoisotopic (exact) mass is 819 g/mol. The second-order valence-electron chi connectivity index (χ2n) is 15.5. The maximum Gasteiger partial charge on any atom is 0.381 e. The van der Waals surface area contributed by atoms with E-state index in [1.54, 1.807) is 49.0 Å². The number of hydroxylamine groups is 2. The van der Waals surface area contributed by atoms with Gasteiger partial charge in [-0.25, -0.2) is 18.0 Å². The summed E-state index contributed by atoms with van der Waals surface area (Å²) in [7, 11) is -5.87. The van der Waals surface area contributed by atoms with E-state index in [9.17, 15) is 50.2 Å². The van der Waals surface area contributed by atoms with Gasteiger partial charge in [0.15, 0.2) is 0 Å². The van der Waals surface area contributed by atoms with Crippen molar-refractivity contribution >= 4 is 72.5 Å². The molecule has 1 aliphatic carbocycles. The summed E-state index contributed by atoms with van der Waals surface area (Å²) in [6, 6.07) is 8.48. The summed E-state index contributed by atoms with van der Waals surface area (Å²) in [5.74, 6) is -5.29. The van der Waals surface area contributed by atoms with Crippen LogP contribution >= 0.6 is 0 Å². The Morgan fingerprint density at radius 2 is 1.54 bits per heavy atom. The number of carboxylic acid groups (broad SMARTS) is 1. The predicted molar refractivity (Wildman–Crippen MR) is 203 cm³/mol. The zero-order chi connectivity index (χ0) is 41.7. The van der Waals surface area contributed by atoms with Crippen molar-refractivity contribution < 1.29 is 64.4 Å². The third-order valence-electron chi connectivity index (χ3n) is 10.4. The molecule has 1 fully saturated rings. The number of imide groups is 1. The maximum atomic E-state index is 13.2. The Morgan fingerprint density at radius 1 is 0.895 bits per heavy atom. The average molecular weight is 820 g/mol. The van der Waals surface area contributed by atoms with Crippen molar-refractivity contribution in [2.24, 2.45) is 12.5 Å². The van der Waals surface area contributed by atoms with Crippen LogP contribution in [0.3, 0.4) is 0 Å². The van der Waals surface area contributed by atoms with Crippen molar-refractivity contribution in [2.75, 3.05) is 23.5 Å². The van der Waals surface area contributed by atoms with Crippen LogP contribution in [0, 0.1) is 5.41 Å². The number of rotatable bonds is 8. The summed E-state index contributed by atoms with van der Waals surface area (Å²) in [4.78, 5) is 57.5. The first kappa shape index (κ1) is 39.5. The second kappa shape index (κ2) is 13.2. The normalized spacial score (nSPS) is 18.0. The van der Waals surface area contributed by atoms with Crippen LogP contribution in [-0.4, -0.2) is 84.0 Å². The second-order valence-corrected chi connectivity index (χ2v) is 18.4. The zero-order valence-corrected chi connectivity index (χ0v) is 33.2. The molecule has 0 spiro atoms. The number of carbonyl (C=O) groups excluding carboxylic acids is 3. The quantitative estimate of drug-likeness (QED) is 0.147. The number of aromatic nitrogens is 1. The predicted octanol–water partition coefficient (Wildman–Crippen LogP) is 2.03. The number of pyridine rings is 1. The number of ether oxygens (including phenoxy) is 1. The lowest BCUT2D eigenvalue weighted by Gasteiger charge is -2.41. The van der Waals surface area contributed by atoms with E-state index in [4.69, 9.17) is 9.57 Å². The third kappa shape index (κ3) is 7.24. The topological polar surface area (TPSA) is 229 Å². The van der Waals surface area contributed by atoms with E-state index in [0.717, 1.165) is 6.07 Å². The largest absolute Gasteiger partial charge is 0.748 e. The van der Waals surface area contributed by atoms with Gasteiger partial charge >= 0.3 is 17.8 Å². The summed E-state index contributed by atoms with van der Waals surface area (Å²) in [6.07, 6.45) is 4.91. The number of anilines is 1. The van der Waals surface area contributed by atoms with Gasteiger partial charge in [-0.1, -0.05) is 32.1 Å². The van der Waals surface area contributed by atoms with E-state index in [0.29, 0.717) is 27.2 Å². The molecule has 4 heterocycles. The van der Waals surface area contributed by atoms with Gasteiger partial charge in [-0.3, -0.25) is 14.1 Å². The Kier molecular flexibility index (Phi) is 9.15. The molecule has 3 aliphatic heterocycles. The first-order valence-corrected chi connectivity index (χ1v) is 20.7. The van der Waals surface area contributed by atoms with Gasteiger partial charge in [0, 0.05) is 53.8 Å². The molecule has 1 aromatic heterocycles. The summed E-state index contributed by atoms with van der Waals surface area (Å²) < 4.78 is 79.4. The van der Waals surface area contributed by atoms with E-state index in [1.807, 2.05) is 38.7 Å². The van der Waals surface area contributed by atoms with Gasteiger partial charge in [-0.05, 0) is 60.9 Å². The minimum absolute atomic E-state index is 0.0324. The van der Waals surface area contributed by atoms with E-state index >= 15 is 0 Å². The molecule has 2 amide bonds. The molecule has 2 aromatic carbocycles. The molecule has 0 radical (unpaired) electrons. The number of benzene rings is 2. The zero-order valence-electron chi connectivity index (χ0n) is 31.6. The number of hydrogen-bond donors (Lipinski definition) is 2. The summed E-state index contributed by atoms with van der Waals surface area (Å²) in [5, 5.41) is 11.8. The Labute approximate surface area is 327 Å². The molecule has 298 valence electrons. The number of aromatic carboxylic acids is 1. The fourth-order valence-electron chi connectivity index (χ4n) is 7.73. The molecule has 0 bridgehead atoms. The highest BCUT2D eigenvalue weighted by atomic mass is 32.2. The van der Waals surface area contributed by atoms with Gasteiger partial charge < -0.3 is 24.1 Å². The fraction of sp³-hybridized carbons (Fsp3) is 0.308. The average Bonchev–Trinajstić information content (AvgIpc) is 3.40. The molecular formula is C39H37N3O13S2. The minimum atomic E-state index is -4.78. The standard InChI is InChI=1S/C39H37N3O13S2/c1-38(2)15-21(18-56(48,49)50)25-13-28-34(23-8-7-20(11-26(23)36(45)46)37(47)55-42-32(43)9-10-33(42)44)27-12-24-22(19-57(51,52)53)16-39(3,4)41(6)29(24)14-31(27)54-35(28)40(5)30(25)17-38/h7-8,11-17H,9-10,18-19H2,1-6H3,(H2-,45,46,48,49,50,51,52,53). The van der Waals surface area contributed by atoms with Crippen LogP contribution in [0.25, 0.3) is 22.8 Å². The highest BCUT2D eigenvalue weighted by Crippen LogP contribution is 2.46. The third-order valence-corrected chi connectivity index (χ3v) is 11.7. The van der Waals surface area contributed by atoms with Gasteiger partial charge in [0.25, 0.3) is 21.9 Å². The number of allylic oxidation sites excluding steroid dienone is 1. The number of fused-ring (bicyclic) bond motifs is 4. The molecule has 2 N–H and O–H groups in total. The Balaban J connectivity index is 1.56. The molecule has 3 aromatic rings. The lowest BCUT2D eigenvalue weighted by Crippen LogP contribution is -2.54. The van der Waals surface area contributed by atoms with Crippen LogP contribution in [0.2, 0.25) is 0 Å². The molecular weight excluding hydrogens is 783 g/mol. The molecule has 1 saturated heterocycles. The molecule has 16 nitrogen and oxygen atoms in total. The first-order valence-electron chi connectivity index (χ1n) is 17.5. The Bertz CT molecular complexity index is 2800. The molecule has 18 heteroatoms. The van der Waals surface area contributed by atoms with Gasteiger partial charge in [-0.2, -0.15) is 13.0 Å². The highest BCUT2D eigenvalue weighted by Gasteiger charge is 2.38. The summed E-state index contributed by atoms with van der Waals surface area (Å²) >= 11 is 0. The van der Waals surface area contributed by atoms with Crippen molar-refractivity contribution in [3.63, 3.8) is 0 Å². The summed E-state index contributed by atoms with van der Waals surface area (Å²) in [6.45, 7) is 7.38. The number of amides is 2. The van der Waals surface area contributed by atoms with Crippen LogP contribution in [-0.2, 0) is 41.7 Å². The van der Waals surface area contributed by atoms with Crippen LogP contribution in [0.5, 0.6) is 11.6 Å². The lowest BCUT2D eigenvalue weighted by molar-refractivity contribution is -0.689. The van der Waals surface area contributed by atoms with Crippen molar-refractivity contribution in [3.05, 3.63) is 92.5 Å². The van der Waals surface area contributed by atoms with Gasteiger partial charge in [0.1, 0.15) is 18.6 Å². The van der Waals surface area contributed by atoms with E-state index < -0.39 is 72.0 Å². The Morgan fingerprint density at radius 3 is 2.16 bits per heavy atom. The number of nitrogens with zero attached hydrogens (tertiary/aromatic N) is 3. The van der Waals surface area contributed by atoms with Gasteiger partial charge in [-0.15, -0.1) is 5.06 Å². The smallest absolute Gasteiger partial charge is 0.381 e. The van der Waals surface area contributed by atoms with Crippen LogP contribution in [0.1, 0.15) is 83.5 Å². The van der Waals surface area contributed by atoms with Crippen LogP contribution < -0.4 is 24.8 Å². The first-order chi connectivity index (χ1) is 26.3. The van der Waals surface area contributed by atoms with Crippen molar-refractivity contribution in [1.82, 2.24) is 5.06 Å². The number of likely N-dealkylation sites (N-methyl/N-ethyl adjacent to an activating group) is 1. The molecule has 4 aliphatic rings. The lowest BCUT2D eigenvalue weighted by atomic mass is 9.82. The molecule has 0 atom stereocenters. The SMILES string of the molecule is CN1c2cc3c(cc2C(CS(=O)(=O)O)=CC1(C)C)C(c1ccc(C(=O)ON2C(=O)CCC2=O)cc1C(=O)O)=c1cc2c([n+](C)c1O3)=CC(C)(C)C=C2CS(=O)(=O)[O-]. The van der Waals surface area contributed by atoms with Crippen molar-refractivity contribution in [2.45, 2.75) is 46.1 Å². The van der Waals surface area contributed by atoms with E-state index in [-0.39, 0.29) is 63.1 Å². The van der Waals surface area contributed by atoms with E-state index in [2.05, 4.69) is 0 Å². The molecule has 0 saturated carbocycles. The van der Waals surface area contributed by atoms with Crippen molar-refractivity contribution in [3.8, 4) is 11.6 Å². The van der Waals surface area contributed by atoms with Gasteiger partial charge in [0.05, 0.1) is 43.3 Å². The number of carboxylic acids is 1. The van der Waals surface area contributed by atoms with Gasteiger partial charge in [0.2, 0.25) is 5.35 Å². The van der Waals surface area contributed by atoms with Crippen LogP contribution in [0.15, 0.2) is 48.6 Å². The number of carbonyl (C=O) groups is 4. The number of hydrogen-bond acceptors (Lipinski definition) is 12. The molecule has 7 rings (SSSR count). The molecule has 57 heavy (non-hydrogen) atoms. The molecule has 0 unspecified atom stereocenters. The van der Waals surface area contributed by atoms with Crippen molar-refractivity contribution in [1.29, 1.82) is 0 Å². The Hall–Kier alpha value is -5.69. The van der Waals surface area contributed by atoms with Crippen LogP contribution in [0.4, 0.5) is 5.69 Å². The fourth-order valence-corrected chi connectivity index (χ4v) is 8.98. The van der Waals surface area contributed by atoms with E-state index in [1.165, 1.54) is 12.1 Å². The minimum Gasteiger partial charge on any atom is -0.748 e. The summed E-state index contributed by atoms with van der Waals surface area (Å²) in [5.41, 5.74) is 0.0635. The highest BCUT2D eigenvalue weighted by molar-refractivity contribution is 7.86.